The summed E-state index contributed by atoms with van der Waals surface area (Å²) in [6, 6.07) is 13.4. The monoisotopic (exact) mass is 716 g/mol. The Morgan fingerprint density at radius 2 is 1.90 bits per heavy atom. The topological polar surface area (TPSA) is 141 Å². The summed E-state index contributed by atoms with van der Waals surface area (Å²) in [5.41, 5.74) is 5.71. The zero-order chi connectivity index (χ0) is 35.6. The highest BCUT2D eigenvalue weighted by Crippen LogP contribution is 2.49. The summed E-state index contributed by atoms with van der Waals surface area (Å²) in [5.74, 6) is -0.200. The number of rotatable bonds is 11. The van der Waals surface area contributed by atoms with Crippen molar-refractivity contribution in [3.63, 3.8) is 0 Å². The van der Waals surface area contributed by atoms with Crippen molar-refractivity contribution >= 4 is 41.6 Å². The van der Waals surface area contributed by atoms with Gasteiger partial charge in [-0.15, -0.1) is 0 Å². The van der Waals surface area contributed by atoms with E-state index in [1.54, 1.807) is 24.4 Å². The molecule has 2 aromatic carbocycles. The zero-order valence-corrected chi connectivity index (χ0v) is 28.8. The van der Waals surface area contributed by atoms with Gasteiger partial charge in [0.05, 0.1) is 27.2 Å². The minimum atomic E-state index is -4.64. The summed E-state index contributed by atoms with van der Waals surface area (Å²) in [7, 11) is 0. The van der Waals surface area contributed by atoms with Crippen LogP contribution in [0.15, 0.2) is 72.4 Å². The summed E-state index contributed by atoms with van der Waals surface area (Å²) in [6.45, 7) is 7.52. The van der Waals surface area contributed by atoms with Crippen molar-refractivity contribution in [1.29, 1.82) is 0 Å². The van der Waals surface area contributed by atoms with Crippen molar-refractivity contribution in [1.82, 2.24) is 29.4 Å². The number of nitrogens with two attached hydrogens (primary N) is 1. The van der Waals surface area contributed by atoms with Crippen molar-refractivity contribution in [3.05, 3.63) is 83.5 Å². The molecule has 2 heterocycles. The second kappa shape index (κ2) is 13.8. The number of alkyl carbamates (subject to hydrolysis) is 1. The molecule has 0 aliphatic heterocycles. The molecule has 11 nitrogen and oxygen atoms in total. The van der Waals surface area contributed by atoms with Gasteiger partial charge in [0.25, 0.3) is 0 Å². The molecule has 0 bridgehead atoms. The third-order valence-electron chi connectivity index (χ3n) is 8.21. The van der Waals surface area contributed by atoms with Crippen LogP contribution in [0.5, 0.6) is 0 Å². The molecular weight excluding hydrogens is 681 g/mol. The minimum Gasteiger partial charge on any atom is -0.447 e. The molecule has 1 fully saturated rings. The second-order valence-corrected chi connectivity index (χ2v) is 14.6. The lowest BCUT2D eigenvalue weighted by Crippen LogP contribution is -2.49. The quantitative estimate of drug-likeness (QED) is 0.0965. The number of nitrogens with zero attached hydrogens (tertiary/aromatic N) is 6. The number of hydrogen-bond donors (Lipinski definition) is 2. The van der Waals surface area contributed by atoms with Gasteiger partial charge in [-0.3, -0.25) is 9.69 Å². The van der Waals surface area contributed by atoms with E-state index < -0.39 is 36.0 Å². The Hall–Kier alpha value is -4.50. The average molecular weight is 717 g/mol. The number of carbonyl (C=O) groups is 2. The van der Waals surface area contributed by atoms with Gasteiger partial charge in [0, 0.05) is 6.20 Å². The minimum absolute atomic E-state index is 0.200. The van der Waals surface area contributed by atoms with Crippen LogP contribution in [-0.4, -0.2) is 60.8 Å². The van der Waals surface area contributed by atoms with Crippen molar-refractivity contribution in [2.45, 2.75) is 70.3 Å². The number of aromatic nitrogens is 4. The molecule has 4 aromatic rings. The van der Waals surface area contributed by atoms with Crippen LogP contribution in [0.3, 0.4) is 0 Å². The van der Waals surface area contributed by atoms with Gasteiger partial charge in [0.2, 0.25) is 6.41 Å². The van der Waals surface area contributed by atoms with E-state index in [-0.39, 0.29) is 24.2 Å². The molecule has 1 unspecified atom stereocenters. The predicted octanol–water partition coefficient (Wildman–Crippen LogP) is 7.03. The second-order valence-electron chi connectivity index (χ2n) is 13.3. The highest BCUT2D eigenvalue weighted by Gasteiger charge is 2.64. The summed E-state index contributed by atoms with van der Waals surface area (Å²) in [4.78, 5) is 36.5. The average Bonchev–Trinajstić information content (AvgIpc) is 3.39. The SMILES string of the molecule is CC(C)(C)CC(C)(N=C(N)N(C=O)[C@H](COC(=O)NC1(C(F)(F)F)CC1)c1ccc(Cl)c(-n2cncn2)c1)c1ccc(-c2ccns2)cc1. The lowest BCUT2D eigenvalue weighted by atomic mass is 9.77. The van der Waals surface area contributed by atoms with E-state index in [9.17, 15) is 22.8 Å². The van der Waals surface area contributed by atoms with E-state index >= 15 is 0 Å². The Bertz CT molecular complexity index is 1790. The number of benzene rings is 2. The number of alkyl halides is 3. The van der Waals surface area contributed by atoms with Crippen molar-refractivity contribution in [2.75, 3.05) is 6.61 Å². The molecule has 0 spiro atoms. The predicted molar refractivity (Wildman–Crippen MR) is 180 cm³/mol. The first-order chi connectivity index (χ1) is 23.0. The zero-order valence-electron chi connectivity index (χ0n) is 27.2. The molecule has 2 aromatic heterocycles. The van der Waals surface area contributed by atoms with Gasteiger partial charge in [0.1, 0.15) is 24.8 Å². The largest absolute Gasteiger partial charge is 0.447 e. The summed E-state index contributed by atoms with van der Waals surface area (Å²) < 4.78 is 51.6. The molecule has 3 N–H and O–H groups in total. The van der Waals surface area contributed by atoms with Crippen molar-refractivity contribution in [2.24, 2.45) is 16.1 Å². The first-order valence-electron chi connectivity index (χ1n) is 15.3. The molecular formula is C33H36ClF3N8O3S. The van der Waals surface area contributed by atoms with Gasteiger partial charge in [-0.2, -0.15) is 18.3 Å². The van der Waals surface area contributed by atoms with Crippen molar-refractivity contribution < 1.29 is 27.5 Å². The maximum absolute atomic E-state index is 13.5. The lowest BCUT2D eigenvalue weighted by molar-refractivity contribution is -0.164. The first-order valence-corrected chi connectivity index (χ1v) is 16.5. The van der Waals surface area contributed by atoms with Gasteiger partial charge < -0.3 is 15.8 Å². The Labute approximate surface area is 290 Å². The molecule has 16 heteroatoms. The standard InChI is InChI=1S/C33H36ClF3N8O3S/c1-30(2,3)17-31(4,23-8-5-21(6-9-23)27-11-14-41-49-27)42-28(38)44(20-46)26(16-48-29(47)43-32(12-13-32)33(35,36)37)22-7-10-24(34)25(15-22)45-19-39-18-40-45/h5-11,14-15,18-20,26H,12-13,16-17H2,1-4H3,(H2,38,42)(H,43,47)/t26-,31?/m1/s1. The van der Waals surface area contributed by atoms with Gasteiger partial charge >= 0.3 is 12.3 Å². The van der Waals surface area contributed by atoms with E-state index in [0.717, 1.165) is 20.9 Å². The molecule has 0 saturated heterocycles. The Morgan fingerprint density at radius 3 is 2.45 bits per heavy atom. The number of hydrogen-bond acceptors (Lipinski definition) is 8. The number of aliphatic imine (C=N–C) groups is 1. The molecule has 1 saturated carbocycles. The van der Waals surface area contributed by atoms with Crippen LogP contribution in [0.2, 0.25) is 5.02 Å². The number of amides is 2. The Morgan fingerprint density at radius 1 is 1.18 bits per heavy atom. The third-order valence-corrected chi connectivity index (χ3v) is 9.32. The van der Waals surface area contributed by atoms with Crippen molar-refractivity contribution in [3.8, 4) is 16.1 Å². The van der Waals surface area contributed by atoms with E-state index in [4.69, 9.17) is 27.1 Å². The number of ether oxygens (including phenoxy) is 1. The van der Waals surface area contributed by atoms with Gasteiger partial charge in [0.15, 0.2) is 5.96 Å². The first kappa shape index (κ1) is 35.8. The van der Waals surface area contributed by atoms with Crippen LogP contribution in [0.1, 0.15) is 64.1 Å². The van der Waals surface area contributed by atoms with Crippen LogP contribution in [0.4, 0.5) is 18.0 Å². The molecule has 5 rings (SSSR count). The van der Waals surface area contributed by atoms with Gasteiger partial charge in [-0.05, 0) is 78.0 Å². The fraction of sp³-hybridized carbons (Fsp3) is 0.394. The molecule has 1 aliphatic carbocycles. The van der Waals surface area contributed by atoms with Gasteiger partial charge in [-0.1, -0.05) is 62.7 Å². The Kier molecular flexibility index (Phi) is 10.1. The number of halogens is 4. The smallest absolute Gasteiger partial charge is 0.411 e. The molecule has 1 aliphatic rings. The number of guanidine groups is 1. The van der Waals surface area contributed by atoms with Crippen LogP contribution in [-0.2, 0) is 15.1 Å². The molecule has 0 radical (unpaired) electrons. The number of nitrogens with one attached hydrogen (secondary N) is 1. The van der Waals surface area contributed by atoms with Crippen LogP contribution >= 0.6 is 23.1 Å². The Balaban J connectivity index is 1.51. The molecule has 49 heavy (non-hydrogen) atoms. The normalized spacial score (nSPS) is 16.4. The van der Waals surface area contributed by atoms with Gasteiger partial charge in [-0.25, -0.2) is 23.8 Å². The summed E-state index contributed by atoms with van der Waals surface area (Å²) in [5, 5.41) is 6.36. The molecule has 2 amide bonds. The fourth-order valence-electron chi connectivity index (χ4n) is 5.77. The lowest BCUT2D eigenvalue weighted by Gasteiger charge is -2.35. The highest BCUT2D eigenvalue weighted by molar-refractivity contribution is 7.09. The van der Waals surface area contributed by atoms with Crippen LogP contribution in [0.25, 0.3) is 16.1 Å². The maximum Gasteiger partial charge on any atom is 0.411 e. The van der Waals surface area contributed by atoms with E-state index in [1.165, 1.54) is 28.9 Å². The van der Waals surface area contributed by atoms with Crippen LogP contribution in [0, 0.1) is 5.41 Å². The molecule has 260 valence electrons. The van der Waals surface area contributed by atoms with Crippen LogP contribution < -0.4 is 11.1 Å². The number of carbonyl (C=O) groups excluding carboxylic acids is 2. The summed E-state index contributed by atoms with van der Waals surface area (Å²) >= 11 is 7.83. The van der Waals surface area contributed by atoms with E-state index in [0.29, 0.717) is 29.1 Å². The summed E-state index contributed by atoms with van der Waals surface area (Å²) in [6.07, 6.45) is -1.02. The van der Waals surface area contributed by atoms with E-state index in [1.807, 2.05) is 42.6 Å². The maximum atomic E-state index is 13.5. The molecule has 2 atom stereocenters. The highest BCUT2D eigenvalue weighted by atomic mass is 35.5. The fourth-order valence-corrected chi connectivity index (χ4v) is 6.57. The van der Waals surface area contributed by atoms with E-state index in [2.05, 4.69) is 35.2 Å². The third kappa shape index (κ3) is 8.21.